The molecule has 0 aliphatic carbocycles. The van der Waals surface area contributed by atoms with Crippen LogP contribution in [0.4, 0.5) is 5.69 Å². The highest BCUT2D eigenvalue weighted by Crippen LogP contribution is 2.24. The van der Waals surface area contributed by atoms with Crippen LogP contribution in [0.15, 0.2) is 54.9 Å². The molecule has 2 aromatic carbocycles. The van der Waals surface area contributed by atoms with Crippen LogP contribution in [0.2, 0.25) is 5.02 Å². The molecule has 0 saturated carbocycles. The number of aromatic nitrogens is 2. The summed E-state index contributed by atoms with van der Waals surface area (Å²) in [6.07, 6.45) is 3.66. The first-order valence-corrected chi connectivity index (χ1v) is 8.61. The number of aryl methyl sites for hydroxylation is 1. The topological polar surface area (TPSA) is 73.2 Å². The first-order chi connectivity index (χ1) is 13.0. The molecule has 0 bridgehead atoms. The van der Waals surface area contributed by atoms with Crippen LogP contribution in [-0.4, -0.2) is 28.5 Å². The zero-order valence-corrected chi connectivity index (χ0v) is 15.7. The number of nitrogens with one attached hydrogen (secondary N) is 1. The number of halogens is 1. The molecule has 27 heavy (non-hydrogen) atoms. The number of carbonyl (C=O) groups excluding carboxylic acids is 2. The third-order valence-corrected chi connectivity index (χ3v) is 4.46. The van der Waals surface area contributed by atoms with Crippen LogP contribution in [0.5, 0.6) is 0 Å². The molecule has 0 fully saturated rings. The summed E-state index contributed by atoms with van der Waals surface area (Å²) in [4.78, 5) is 28.3. The summed E-state index contributed by atoms with van der Waals surface area (Å²) < 4.78 is 6.71. The highest BCUT2D eigenvalue weighted by molar-refractivity contribution is 6.34. The molecule has 3 aromatic rings. The Balaban J connectivity index is 1.73. The van der Waals surface area contributed by atoms with E-state index in [0.29, 0.717) is 28.4 Å². The quantitative estimate of drug-likeness (QED) is 0.677. The molecule has 7 heteroatoms. The Hall–Kier alpha value is -3.12. The van der Waals surface area contributed by atoms with Crippen molar-refractivity contribution in [1.29, 1.82) is 0 Å². The molecular weight excluding hydrogens is 366 g/mol. The first kappa shape index (κ1) is 18.7. The lowest BCUT2D eigenvalue weighted by molar-refractivity contribution is 0.0600. The van der Waals surface area contributed by atoms with E-state index < -0.39 is 5.97 Å². The predicted octanol–water partition coefficient (Wildman–Crippen LogP) is 3.93. The van der Waals surface area contributed by atoms with Crippen molar-refractivity contribution in [3.8, 4) is 0 Å². The summed E-state index contributed by atoms with van der Waals surface area (Å²) in [5, 5.41) is 3.06. The Morgan fingerprint density at radius 1 is 1.15 bits per heavy atom. The van der Waals surface area contributed by atoms with E-state index in [0.717, 1.165) is 11.4 Å². The number of benzene rings is 2. The zero-order valence-electron chi connectivity index (χ0n) is 14.9. The van der Waals surface area contributed by atoms with Crippen molar-refractivity contribution in [3.05, 3.63) is 82.4 Å². The number of nitrogens with zero attached hydrogens (tertiary/aromatic N) is 2. The van der Waals surface area contributed by atoms with Crippen molar-refractivity contribution >= 4 is 29.2 Å². The molecule has 6 nitrogen and oxygen atoms in total. The van der Waals surface area contributed by atoms with E-state index in [-0.39, 0.29) is 5.91 Å². The highest BCUT2D eigenvalue weighted by atomic mass is 35.5. The van der Waals surface area contributed by atoms with Gasteiger partial charge in [-0.2, -0.15) is 0 Å². The minimum atomic E-state index is -0.499. The number of imidazole rings is 1. The molecule has 0 saturated heterocycles. The number of ether oxygens (including phenoxy) is 1. The molecule has 0 spiro atoms. The van der Waals surface area contributed by atoms with Crippen molar-refractivity contribution in [1.82, 2.24) is 9.55 Å². The van der Waals surface area contributed by atoms with Gasteiger partial charge in [-0.3, -0.25) is 4.79 Å². The first-order valence-electron chi connectivity index (χ1n) is 8.24. The SMILES string of the molecule is COC(=O)c1ccc(Cl)c(NC(=O)c2ccc(Cn3ccnc3C)cc2)c1. The van der Waals surface area contributed by atoms with E-state index in [9.17, 15) is 9.59 Å². The minimum absolute atomic E-state index is 0.309. The van der Waals surface area contributed by atoms with Gasteiger partial charge in [0.25, 0.3) is 5.91 Å². The number of esters is 1. The summed E-state index contributed by atoms with van der Waals surface area (Å²) in [5.74, 6) is 0.113. The van der Waals surface area contributed by atoms with E-state index in [4.69, 9.17) is 11.6 Å². The maximum atomic E-state index is 12.5. The molecule has 1 heterocycles. The fraction of sp³-hybridized carbons (Fsp3) is 0.150. The highest BCUT2D eigenvalue weighted by Gasteiger charge is 2.12. The molecule has 3 rings (SSSR count). The lowest BCUT2D eigenvalue weighted by Crippen LogP contribution is -2.13. The number of anilines is 1. The van der Waals surface area contributed by atoms with Crippen LogP contribution >= 0.6 is 11.6 Å². The second kappa shape index (κ2) is 8.05. The normalized spacial score (nSPS) is 10.5. The predicted molar refractivity (Wildman–Crippen MR) is 103 cm³/mol. The van der Waals surface area contributed by atoms with E-state index in [1.165, 1.54) is 19.2 Å². The number of rotatable bonds is 5. The van der Waals surface area contributed by atoms with Crippen molar-refractivity contribution in [2.75, 3.05) is 12.4 Å². The van der Waals surface area contributed by atoms with E-state index in [2.05, 4.69) is 15.0 Å². The number of amides is 1. The number of hydrogen-bond donors (Lipinski definition) is 1. The molecule has 1 aromatic heterocycles. The van der Waals surface area contributed by atoms with E-state index in [1.54, 1.807) is 24.4 Å². The van der Waals surface area contributed by atoms with Crippen LogP contribution in [0.1, 0.15) is 32.1 Å². The van der Waals surface area contributed by atoms with Gasteiger partial charge in [0.2, 0.25) is 0 Å². The molecule has 0 atom stereocenters. The third kappa shape index (κ3) is 4.35. The molecule has 0 radical (unpaired) electrons. The lowest BCUT2D eigenvalue weighted by Gasteiger charge is -2.10. The van der Waals surface area contributed by atoms with Gasteiger partial charge in [0.1, 0.15) is 5.82 Å². The Kier molecular flexibility index (Phi) is 5.57. The number of methoxy groups -OCH3 is 1. The summed E-state index contributed by atoms with van der Waals surface area (Å²) >= 11 is 6.12. The fourth-order valence-electron chi connectivity index (χ4n) is 2.59. The Morgan fingerprint density at radius 2 is 1.85 bits per heavy atom. The molecule has 138 valence electrons. The van der Waals surface area contributed by atoms with Gasteiger partial charge in [0.15, 0.2) is 0 Å². The van der Waals surface area contributed by atoms with Crippen LogP contribution in [0, 0.1) is 6.92 Å². The van der Waals surface area contributed by atoms with Gasteiger partial charge in [-0.15, -0.1) is 0 Å². The Labute approximate surface area is 161 Å². The third-order valence-electron chi connectivity index (χ3n) is 4.13. The number of carbonyl (C=O) groups is 2. The molecule has 0 unspecified atom stereocenters. The van der Waals surface area contributed by atoms with Gasteiger partial charge >= 0.3 is 5.97 Å². The second-order valence-corrected chi connectivity index (χ2v) is 6.35. The van der Waals surface area contributed by atoms with Gasteiger partial charge in [0.05, 0.1) is 23.4 Å². The summed E-state index contributed by atoms with van der Waals surface area (Å²) in [7, 11) is 1.29. The van der Waals surface area contributed by atoms with Crippen LogP contribution < -0.4 is 5.32 Å². The minimum Gasteiger partial charge on any atom is -0.465 e. The van der Waals surface area contributed by atoms with Gasteiger partial charge in [0, 0.05) is 24.5 Å². The molecule has 0 aliphatic heterocycles. The van der Waals surface area contributed by atoms with Crippen molar-refractivity contribution in [2.45, 2.75) is 13.5 Å². The summed E-state index contributed by atoms with van der Waals surface area (Å²) in [6, 6.07) is 11.8. The average molecular weight is 384 g/mol. The average Bonchev–Trinajstić information content (AvgIpc) is 3.08. The molecule has 1 amide bonds. The Bertz CT molecular complexity index is 980. The van der Waals surface area contributed by atoms with Crippen molar-refractivity contribution < 1.29 is 14.3 Å². The lowest BCUT2D eigenvalue weighted by atomic mass is 10.1. The van der Waals surface area contributed by atoms with Crippen LogP contribution in [0.25, 0.3) is 0 Å². The van der Waals surface area contributed by atoms with Crippen molar-refractivity contribution in [2.24, 2.45) is 0 Å². The molecule has 0 aliphatic rings. The Morgan fingerprint density at radius 3 is 2.48 bits per heavy atom. The second-order valence-electron chi connectivity index (χ2n) is 5.94. The van der Waals surface area contributed by atoms with Gasteiger partial charge in [-0.25, -0.2) is 9.78 Å². The smallest absolute Gasteiger partial charge is 0.337 e. The van der Waals surface area contributed by atoms with Crippen LogP contribution in [0.3, 0.4) is 0 Å². The summed E-state index contributed by atoms with van der Waals surface area (Å²) in [6.45, 7) is 2.62. The van der Waals surface area contributed by atoms with E-state index >= 15 is 0 Å². The van der Waals surface area contributed by atoms with Gasteiger partial charge < -0.3 is 14.6 Å². The van der Waals surface area contributed by atoms with Crippen LogP contribution in [-0.2, 0) is 11.3 Å². The fourth-order valence-corrected chi connectivity index (χ4v) is 2.75. The van der Waals surface area contributed by atoms with Crippen molar-refractivity contribution in [3.63, 3.8) is 0 Å². The summed E-state index contributed by atoms with van der Waals surface area (Å²) in [5.41, 5.74) is 2.20. The maximum absolute atomic E-state index is 12.5. The molecular formula is C20H18ClN3O3. The standard InChI is InChI=1S/C20H18ClN3O3/c1-13-22-9-10-24(13)12-14-3-5-15(6-4-14)19(25)23-18-11-16(20(26)27-2)7-8-17(18)21/h3-11H,12H2,1-2H3,(H,23,25). The number of hydrogen-bond acceptors (Lipinski definition) is 4. The van der Waals surface area contributed by atoms with Gasteiger partial charge in [-0.05, 0) is 42.8 Å². The maximum Gasteiger partial charge on any atom is 0.337 e. The molecule has 1 N–H and O–H groups in total. The zero-order chi connectivity index (χ0) is 19.4. The van der Waals surface area contributed by atoms with E-state index in [1.807, 2.05) is 29.8 Å². The monoisotopic (exact) mass is 383 g/mol. The largest absolute Gasteiger partial charge is 0.465 e. The van der Waals surface area contributed by atoms with Gasteiger partial charge in [-0.1, -0.05) is 23.7 Å².